The van der Waals surface area contributed by atoms with Gasteiger partial charge in [0.15, 0.2) is 0 Å². The molecular weight excluding hydrogens is 322 g/mol. The van der Waals surface area contributed by atoms with Crippen molar-refractivity contribution in [2.24, 2.45) is 0 Å². The highest BCUT2D eigenvalue weighted by molar-refractivity contribution is 5.96. The summed E-state index contributed by atoms with van der Waals surface area (Å²) in [4.78, 5) is 24.0. The second-order valence-corrected chi connectivity index (χ2v) is 5.44. The summed E-state index contributed by atoms with van der Waals surface area (Å²) in [6, 6.07) is 10.3. The van der Waals surface area contributed by atoms with Crippen LogP contribution in [0.3, 0.4) is 0 Å². The summed E-state index contributed by atoms with van der Waals surface area (Å²) in [7, 11) is 4.40. The van der Waals surface area contributed by atoms with Gasteiger partial charge in [-0.3, -0.25) is 4.79 Å². The van der Waals surface area contributed by atoms with E-state index in [4.69, 9.17) is 14.2 Å². The summed E-state index contributed by atoms with van der Waals surface area (Å²) in [5, 5.41) is 2.77. The molecule has 2 aromatic rings. The number of anilines is 1. The third-order valence-corrected chi connectivity index (χ3v) is 3.72. The molecule has 0 saturated carbocycles. The van der Waals surface area contributed by atoms with Crippen LogP contribution in [0.1, 0.15) is 21.5 Å². The molecule has 0 aliphatic carbocycles. The van der Waals surface area contributed by atoms with Gasteiger partial charge in [0.2, 0.25) is 5.91 Å². The molecule has 1 N–H and O–H groups in total. The number of rotatable bonds is 6. The van der Waals surface area contributed by atoms with Crippen molar-refractivity contribution < 1.29 is 23.8 Å². The Morgan fingerprint density at radius 1 is 0.960 bits per heavy atom. The minimum atomic E-state index is -0.482. The molecule has 0 bridgehead atoms. The van der Waals surface area contributed by atoms with E-state index in [0.717, 1.165) is 16.9 Å². The molecule has 0 spiro atoms. The number of hydrogen-bond donors (Lipinski definition) is 1. The number of methoxy groups -OCH3 is 3. The zero-order valence-corrected chi connectivity index (χ0v) is 14.7. The van der Waals surface area contributed by atoms with Crippen molar-refractivity contribution in [3.63, 3.8) is 0 Å². The molecule has 25 heavy (non-hydrogen) atoms. The first kappa shape index (κ1) is 18.3. The van der Waals surface area contributed by atoms with Gasteiger partial charge in [-0.15, -0.1) is 0 Å². The number of aryl methyl sites for hydroxylation is 1. The molecule has 0 aromatic heterocycles. The zero-order valence-electron chi connectivity index (χ0n) is 14.7. The standard InChI is InChI=1S/C19H21NO5/c1-12-9-13(5-7-16(12)23-2)10-18(21)20-15-11-14(19(22)25-4)6-8-17(15)24-3/h5-9,11H,10H2,1-4H3,(H,20,21). The number of carbonyl (C=O) groups excluding carboxylic acids is 2. The van der Waals surface area contributed by atoms with Crippen LogP contribution in [0.5, 0.6) is 11.5 Å². The average Bonchev–Trinajstić information content (AvgIpc) is 2.61. The van der Waals surface area contributed by atoms with E-state index in [0.29, 0.717) is 17.0 Å². The Kier molecular flexibility index (Phi) is 6.00. The lowest BCUT2D eigenvalue weighted by atomic mass is 10.1. The molecular formula is C19H21NO5. The van der Waals surface area contributed by atoms with Crippen molar-refractivity contribution in [3.8, 4) is 11.5 Å². The predicted octanol–water partition coefficient (Wildman–Crippen LogP) is 2.98. The third kappa shape index (κ3) is 4.50. The molecule has 0 aliphatic rings. The number of esters is 1. The maximum atomic E-state index is 12.4. The second kappa shape index (κ2) is 8.19. The summed E-state index contributed by atoms with van der Waals surface area (Å²) in [5.74, 6) is 0.539. The highest BCUT2D eigenvalue weighted by Gasteiger charge is 2.13. The van der Waals surface area contributed by atoms with Gasteiger partial charge in [0.1, 0.15) is 11.5 Å². The fourth-order valence-electron chi connectivity index (χ4n) is 2.48. The van der Waals surface area contributed by atoms with Crippen LogP contribution in [-0.4, -0.2) is 33.2 Å². The number of amides is 1. The van der Waals surface area contributed by atoms with Gasteiger partial charge in [0, 0.05) is 0 Å². The van der Waals surface area contributed by atoms with Gasteiger partial charge in [-0.2, -0.15) is 0 Å². The molecule has 132 valence electrons. The smallest absolute Gasteiger partial charge is 0.337 e. The average molecular weight is 343 g/mol. The Labute approximate surface area is 146 Å². The van der Waals surface area contributed by atoms with Crippen LogP contribution in [0.4, 0.5) is 5.69 Å². The summed E-state index contributed by atoms with van der Waals surface area (Å²) in [6.45, 7) is 1.92. The van der Waals surface area contributed by atoms with Crippen molar-refractivity contribution in [1.29, 1.82) is 0 Å². The first-order chi connectivity index (χ1) is 12.0. The van der Waals surface area contributed by atoms with Crippen molar-refractivity contribution in [2.75, 3.05) is 26.6 Å². The first-order valence-corrected chi connectivity index (χ1v) is 7.68. The minimum absolute atomic E-state index is 0.191. The number of ether oxygens (including phenoxy) is 3. The van der Waals surface area contributed by atoms with E-state index >= 15 is 0 Å². The van der Waals surface area contributed by atoms with Crippen LogP contribution in [0.2, 0.25) is 0 Å². The Balaban J connectivity index is 2.16. The van der Waals surface area contributed by atoms with Crippen molar-refractivity contribution >= 4 is 17.6 Å². The number of carbonyl (C=O) groups is 2. The Morgan fingerprint density at radius 3 is 2.24 bits per heavy atom. The van der Waals surface area contributed by atoms with Gasteiger partial charge in [-0.1, -0.05) is 12.1 Å². The van der Waals surface area contributed by atoms with Gasteiger partial charge < -0.3 is 19.5 Å². The van der Waals surface area contributed by atoms with Crippen LogP contribution >= 0.6 is 0 Å². The van der Waals surface area contributed by atoms with Gasteiger partial charge in [-0.05, 0) is 42.3 Å². The van der Waals surface area contributed by atoms with Crippen LogP contribution in [0.25, 0.3) is 0 Å². The molecule has 6 nitrogen and oxygen atoms in total. The molecule has 0 aliphatic heterocycles. The summed E-state index contributed by atoms with van der Waals surface area (Å²) in [5.41, 5.74) is 2.57. The van der Waals surface area contributed by atoms with Crippen molar-refractivity contribution in [3.05, 3.63) is 53.1 Å². The molecule has 0 radical (unpaired) electrons. The Hall–Kier alpha value is -3.02. The third-order valence-electron chi connectivity index (χ3n) is 3.72. The molecule has 0 atom stereocenters. The SMILES string of the molecule is COC(=O)c1ccc(OC)c(NC(=O)Cc2ccc(OC)c(C)c2)c1. The molecule has 6 heteroatoms. The normalized spacial score (nSPS) is 10.1. The Bertz CT molecular complexity index is 785. The largest absolute Gasteiger partial charge is 0.496 e. The summed E-state index contributed by atoms with van der Waals surface area (Å²) < 4.78 is 15.1. The highest BCUT2D eigenvalue weighted by atomic mass is 16.5. The first-order valence-electron chi connectivity index (χ1n) is 7.68. The van der Waals surface area contributed by atoms with E-state index in [1.807, 2.05) is 25.1 Å². The molecule has 0 fully saturated rings. The lowest BCUT2D eigenvalue weighted by molar-refractivity contribution is -0.115. The van der Waals surface area contributed by atoms with Gasteiger partial charge in [0.05, 0.1) is 39.0 Å². The van der Waals surface area contributed by atoms with E-state index in [-0.39, 0.29) is 12.3 Å². The van der Waals surface area contributed by atoms with E-state index in [2.05, 4.69) is 5.32 Å². The predicted molar refractivity (Wildman–Crippen MR) is 94.4 cm³/mol. The maximum absolute atomic E-state index is 12.4. The second-order valence-electron chi connectivity index (χ2n) is 5.44. The van der Waals surface area contributed by atoms with Crippen LogP contribution < -0.4 is 14.8 Å². The summed E-state index contributed by atoms with van der Waals surface area (Å²) in [6.07, 6.45) is 0.191. The molecule has 2 rings (SSSR count). The highest BCUT2D eigenvalue weighted by Crippen LogP contribution is 2.26. The molecule has 0 unspecified atom stereocenters. The lowest BCUT2D eigenvalue weighted by Gasteiger charge is -2.12. The summed E-state index contributed by atoms with van der Waals surface area (Å²) >= 11 is 0. The minimum Gasteiger partial charge on any atom is -0.496 e. The maximum Gasteiger partial charge on any atom is 0.337 e. The lowest BCUT2D eigenvalue weighted by Crippen LogP contribution is -2.16. The van der Waals surface area contributed by atoms with E-state index in [9.17, 15) is 9.59 Å². The van der Waals surface area contributed by atoms with Gasteiger partial charge in [0.25, 0.3) is 0 Å². The van der Waals surface area contributed by atoms with Crippen LogP contribution in [-0.2, 0) is 16.0 Å². The topological polar surface area (TPSA) is 73.9 Å². The number of hydrogen-bond acceptors (Lipinski definition) is 5. The van der Waals surface area contributed by atoms with Crippen LogP contribution in [0, 0.1) is 6.92 Å². The number of benzene rings is 2. The van der Waals surface area contributed by atoms with E-state index in [1.54, 1.807) is 19.2 Å². The van der Waals surface area contributed by atoms with Gasteiger partial charge in [-0.25, -0.2) is 4.79 Å². The van der Waals surface area contributed by atoms with Crippen LogP contribution in [0.15, 0.2) is 36.4 Å². The zero-order chi connectivity index (χ0) is 18.4. The monoisotopic (exact) mass is 343 g/mol. The molecule has 1 amide bonds. The quantitative estimate of drug-likeness (QED) is 0.816. The van der Waals surface area contributed by atoms with E-state index in [1.165, 1.54) is 20.3 Å². The fourth-order valence-corrected chi connectivity index (χ4v) is 2.48. The van der Waals surface area contributed by atoms with E-state index < -0.39 is 5.97 Å². The Morgan fingerprint density at radius 2 is 1.64 bits per heavy atom. The van der Waals surface area contributed by atoms with Crippen molar-refractivity contribution in [1.82, 2.24) is 0 Å². The molecule has 2 aromatic carbocycles. The fraction of sp³-hybridized carbons (Fsp3) is 0.263. The molecule has 0 saturated heterocycles. The van der Waals surface area contributed by atoms with Crippen molar-refractivity contribution in [2.45, 2.75) is 13.3 Å². The van der Waals surface area contributed by atoms with Gasteiger partial charge >= 0.3 is 5.97 Å². The molecule has 0 heterocycles. The number of nitrogens with one attached hydrogen (secondary N) is 1.